The molecule has 0 aliphatic heterocycles. The lowest BCUT2D eigenvalue weighted by atomic mass is 9.84. The molecule has 5 nitrogen and oxygen atoms in total. The molecule has 1 fully saturated rings. The summed E-state index contributed by atoms with van der Waals surface area (Å²) >= 11 is 0. The van der Waals surface area contributed by atoms with Crippen molar-refractivity contribution in [3.8, 4) is 0 Å². The third-order valence-corrected chi connectivity index (χ3v) is 4.94. The highest BCUT2D eigenvalue weighted by atomic mass is 16.2. The standard InChI is InChI=1S/C21H31N3O2/c1-13-10-11-14(2)16(12-13)17(22-6)19(25)24-18(21(3,4)5)20(26)23-15-8-7-9-15/h10-12,15,18H,7-9H2,1-6H3,(H,23,26)(H,24,25). The summed E-state index contributed by atoms with van der Waals surface area (Å²) in [6, 6.07) is 5.57. The quantitative estimate of drug-likeness (QED) is 0.796. The second-order valence-electron chi connectivity index (χ2n) is 8.30. The molecule has 2 rings (SSSR count). The smallest absolute Gasteiger partial charge is 0.270 e. The van der Waals surface area contributed by atoms with E-state index in [0.29, 0.717) is 5.71 Å². The van der Waals surface area contributed by atoms with E-state index in [0.717, 1.165) is 36.0 Å². The van der Waals surface area contributed by atoms with E-state index < -0.39 is 11.5 Å². The van der Waals surface area contributed by atoms with Crippen LogP contribution in [-0.4, -0.2) is 36.7 Å². The summed E-state index contributed by atoms with van der Waals surface area (Å²) in [6.45, 7) is 9.81. The fourth-order valence-electron chi connectivity index (χ4n) is 3.05. The number of carbonyl (C=O) groups is 2. The first-order chi connectivity index (χ1) is 12.1. The maximum atomic E-state index is 12.9. The van der Waals surface area contributed by atoms with Crippen LogP contribution < -0.4 is 10.6 Å². The van der Waals surface area contributed by atoms with Crippen molar-refractivity contribution in [3.63, 3.8) is 0 Å². The van der Waals surface area contributed by atoms with Crippen molar-refractivity contribution in [2.75, 3.05) is 7.05 Å². The lowest BCUT2D eigenvalue weighted by molar-refractivity contribution is -0.130. The number of nitrogens with zero attached hydrogens (tertiary/aromatic N) is 1. The molecule has 0 bridgehead atoms. The lowest BCUT2D eigenvalue weighted by Crippen LogP contribution is -2.57. The molecule has 0 heterocycles. The van der Waals surface area contributed by atoms with Crippen LogP contribution in [0, 0.1) is 19.3 Å². The van der Waals surface area contributed by atoms with E-state index in [1.54, 1.807) is 7.05 Å². The summed E-state index contributed by atoms with van der Waals surface area (Å²) in [5.74, 6) is -0.433. The number of aliphatic imine (C=N–C) groups is 1. The summed E-state index contributed by atoms with van der Waals surface area (Å²) in [4.78, 5) is 29.9. The van der Waals surface area contributed by atoms with Crippen molar-refractivity contribution in [1.82, 2.24) is 10.6 Å². The molecule has 0 spiro atoms. The van der Waals surface area contributed by atoms with Crippen molar-refractivity contribution >= 4 is 17.5 Å². The minimum absolute atomic E-state index is 0.119. The SMILES string of the molecule is CN=C(C(=O)NC(C(=O)NC1CCC1)C(C)(C)C)c1cc(C)ccc1C. The van der Waals surface area contributed by atoms with Gasteiger partial charge >= 0.3 is 0 Å². The van der Waals surface area contributed by atoms with Crippen LogP contribution >= 0.6 is 0 Å². The second kappa shape index (κ2) is 8.02. The fraction of sp³-hybridized carbons (Fsp3) is 0.571. The minimum Gasteiger partial charge on any atom is -0.352 e. The molecule has 0 saturated heterocycles. The van der Waals surface area contributed by atoms with E-state index in [-0.39, 0.29) is 17.9 Å². The predicted molar refractivity (Wildman–Crippen MR) is 106 cm³/mol. The maximum Gasteiger partial charge on any atom is 0.270 e. The topological polar surface area (TPSA) is 70.6 Å². The van der Waals surface area contributed by atoms with Gasteiger partial charge in [-0.25, -0.2) is 0 Å². The Balaban J connectivity index is 2.21. The van der Waals surface area contributed by atoms with Crippen molar-refractivity contribution < 1.29 is 9.59 Å². The van der Waals surface area contributed by atoms with Gasteiger partial charge in [0.1, 0.15) is 11.8 Å². The number of benzene rings is 1. The molecule has 1 aliphatic rings. The van der Waals surface area contributed by atoms with Crippen LogP contribution in [0.4, 0.5) is 0 Å². The van der Waals surface area contributed by atoms with Gasteiger partial charge in [0, 0.05) is 18.7 Å². The Bertz CT molecular complexity index is 712. The Morgan fingerprint density at radius 3 is 2.35 bits per heavy atom. The van der Waals surface area contributed by atoms with E-state index in [1.807, 2.05) is 52.8 Å². The zero-order valence-electron chi connectivity index (χ0n) is 16.8. The molecular weight excluding hydrogens is 326 g/mol. The summed E-state index contributed by atoms with van der Waals surface area (Å²) < 4.78 is 0. The van der Waals surface area contributed by atoms with Gasteiger partial charge in [-0.1, -0.05) is 38.5 Å². The number of hydrogen-bond acceptors (Lipinski definition) is 3. The third-order valence-electron chi connectivity index (χ3n) is 4.94. The fourth-order valence-corrected chi connectivity index (χ4v) is 3.05. The Morgan fingerprint density at radius 2 is 1.85 bits per heavy atom. The first-order valence-corrected chi connectivity index (χ1v) is 9.29. The normalized spacial score (nSPS) is 16.6. The average molecular weight is 357 g/mol. The number of hydrogen-bond donors (Lipinski definition) is 2. The zero-order valence-corrected chi connectivity index (χ0v) is 16.8. The number of rotatable bonds is 5. The van der Waals surface area contributed by atoms with Crippen LogP contribution in [0.3, 0.4) is 0 Å². The number of aryl methyl sites for hydroxylation is 2. The van der Waals surface area contributed by atoms with Gasteiger partial charge in [-0.15, -0.1) is 0 Å². The molecule has 1 aromatic carbocycles. The summed E-state index contributed by atoms with van der Waals surface area (Å²) in [7, 11) is 1.61. The molecule has 1 atom stereocenters. The van der Waals surface area contributed by atoms with Gasteiger partial charge in [-0.2, -0.15) is 0 Å². The Kier molecular flexibility index (Phi) is 6.21. The van der Waals surface area contributed by atoms with E-state index in [4.69, 9.17) is 0 Å². The van der Waals surface area contributed by atoms with Crippen molar-refractivity contribution in [1.29, 1.82) is 0 Å². The largest absolute Gasteiger partial charge is 0.352 e. The molecule has 2 amide bonds. The van der Waals surface area contributed by atoms with Crippen LogP contribution in [-0.2, 0) is 9.59 Å². The molecular formula is C21H31N3O2. The minimum atomic E-state index is -0.613. The predicted octanol–water partition coefficient (Wildman–Crippen LogP) is 2.92. The molecule has 1 unspecified atom stereocenters. The summed E-state index contributed by atoms with van der Waals surface area (Å²) in [6.07, 6.45) is 3.18. The number of nitrogens with one attached hydrogen (secondary N) is 2. The van der Waals surface area contributed by atoms with Crippen molar-refractivity contribution in [3.05, 3.63) is 34.9 Å². The molecule has 26 heavy (non-hydrogen) atoms. The molecule has 1 aromatic rings. The van der Waals surface area contributed by atoms with E-state index in [9.17, 15) is 9.59 Å². The Labute approximate surface area is 156 Å². The van der Waals surface area contributed by atoms with Crippen LogP contribution in [0.25, 0.3) is 0 Å². The van der Waals surface area contributed by atoms with Crippen LogP contribution in [0.1, 0.15) is 56.7 Å². The monoisotopic (exact) mass is 357 g/mol. The van der Waals surface area contributed by atoms with Crippen molar-refractivity contribution in [2.24, 2.45) is 10.4 Å². The molecule has 0 radical (unpaired) electrons. The highest BCUT2D eigenvalue weighted by molar-refractivity contribution is 6.46. The van der Waals surface area contributed by atoms with Crippen LogP contribution in [0.15, 0.2) is 23.2 Å². The molecule has 142 valence electrons. The highest BCUT2D eigenvalue weighted by Crippen LogP contribution is 2.23. The van der Waals surface area contributed by atoms with Gasteiger partial charge in [-0.3, -0.25) is 14.6 Å². The van der Waals surface area contributed by atoms with Gasteiger partial charge in [0.2, 0.25) is 5.91 Å². The second-order valence-corrected chi connectivity index (χ2v) is 8.30. The highest BCUT2D eigenvalue weighted by Gasteiger charge is 2.35. The Hall–Kier alpha value is -2.17. The lowest BCUT2D eigenvalue weighted by Gasteiger charge is -2.34. The number of carbonyl (C=O) groups excluding carboxylic acids is 2. The molecule has 1 saturated carbocycles. The van der Waals surface area contributed by atoms with E-state index in [2.05, 4.69) is 15.6 Å². The van der Waals surface area contributed by atoms with Gasteiger partial charge < -0.3 is 10.6 Å². The molecule has 1 aliphatic carbocycles. The number of amides is 2. The van der Waals surface area contributed by atoms with Crippen LogP contribution in [0.5, 0.6) is 0 Å². The van der Waals surface area contributed by atoms with Gasteiger partial charge in [0.05, 0.1) is 0 Å². The van der Waals surface area contributed by atoms with Crippen molar-refractivity contribution in [2.45, 2.75) is 66.0 Å². The van der Waals surface area contributed by atoms with Gasteiger partial charge in [0.15, 0.2) is 0 Å². The summed E-state index contributed by atoms with van der Waals surface area (Å²) in [5, 5.41) is 5.98. The van der Waals surface area contributed by atoms with E-state index in [1.165, 1.54) is 0 Å². The molecule has 2 N–H and O–H groups in total. The van der Waals surface area contributed by atoms with E-state index >= 15 is 0 Å². The third kappa shape index (κ3) is 4.71. The Morgan fingerprint density at radius 1 is 1.19 bits per heavy atom. The van der Waals surface area contributed by atoms with Gasteiger partial charge in [-0.05, 0) is 50.2 Å². The maximum absolute atomic E-state index is 12.9. The molecule has 5 heteroatoms. The first kappa shape index (κ1) is 20.1. The van der Waals surface area contributed by atoms with Gasteiger partial charge in [0.25, 0.3) is 5.91 Å². The zero-order chi connectivity index (χ0) is 19.5. The first-order valence-electron chi connectivity index (χ1n) is 9.29. The van der Waals surface area contributed by atoms with Crippen LogP contribution in [0.2, 0.25) is 0 Å². The average Bonchev–Trinajstić information content (AvgIpc) is 2.51. The molecule has 0 aromatic heterocycles. The summed E-state index contributed by atoms with van der Waals surface area (Å²) in [5.41, 5.74) is 2.81.